The van der Waals surface area contributed by atoms with Crippen molar-refractivity contribution in [3.8, 4) is 0 Å². The van der Waals surface area contributed by atoms with Gasteiger partial charge in [-0.2, -0.15) is 0 Å². The van der Waals surface area contributed by atoms with Gasteiger partial charge < -0.3 is 0 Å². The van der Waals surface area contributed by atoms with Crippen LogP contribution < -0.4 is 0 Å². The molecule has 0 atom stereocenters. The van der Waals surface area contributed by atoms with Crippen LogP contribution >= 0.6 is 23.4 Å². The second-order valence-corrected chi connectivity index (χ2v) is 5.84. The van der Waals surface area contributed by atoms with E-state index in [9.17, 15) is 0 Å². The van der Waals surface area contributed by atoms with E-state index in [4.69, 9.17) is 16.6 Å². The Morgan fingerprint density at radius 3 is 2.45 bits per heavy atom. The Hall–Kier alpha value is -1.51. The molecule has 0 fully saturated rings. The maximum Gasteiger partial charge on any atom is 0.0804 e. The second kappa shape index (κ2) is 5.86. The Labute approximate surface area is 128 Å². The number of hydrogen-bond acceptors (Lipinski definition) is 2. The number of allylic oxidation sites excluding steroid dienone is 1. The van der Waals surface area contributed by atoms with Crippen LogP contribution in [0.2, 0.25) is 5.02 Å². The molecule has 0 unspecified atom stereocenters. The molecule has 0 saturated carbocycles. The molecule has 3 heteroatoms. The van der Waals surface area contributed by atoms with Gasteiger partial charge in [0.15, 0.2) is 0 Å². The van der Waals surface area contributed by atoms with Gasteiger partial charge >= 0.3 is 0 Å². The fraction of sp³-hybridized carbons (Fsp3) is 0.118. The number of halogens is 1. The molecule has 1 nitrogen and oxygen atoms in total. The van der Waals surface area contributed by atoms with Crippen LogP contribution in [-0.2, 0) is 0 Å². The minimum absolute atomic E-state index is 0.739. The molecule has 0 saturated heterocycles. The fourth-order valence-corrected chi connectivity index (χ4v) is 3.30. The van der Waals surface area contributed by atoms with Crippen molar-refractivity contribution in [2.45, 2.75) is 18.2 Å². The predicted molar refractivity (Wildman–Crippen MR) is 87.8 cm³/mol. The summed E-state index contributed by atoms with van der Waals surface area (Å²) in [7, 11) is 0. The minimum Gasteiger partial charge on any atom is -0.252 e. The van der Waals surface area contributed by atoms with E-state index in [-0.39, 0.29) is 0 Å². The number of benzene rings is 2. The topological polar surface area (TPSA) is 12.4 Å². The maximum absolute atomic E-state index is 6.36. The Kier molecular flexibility index (Phi) is 3.95. The predicted octanol–water partition coefficient (Wildman–Crippen LogP) is 5.53. The van der Waals surface area contributed by atoms with Gasteiger partial charge in [-0.3, -0.25) is 4.99 Å². The van der Waals surface area contributed by atoms with Crippen LogP contribution in [0, 0.1) is 0 Å². The third-order valence-electron chi connectivity index (χ3n) is 3.21. The van der Waals surface area contributed by atoms with E-state index < -0.39 is 0 Å². The third-order valence-corrected chi connectivity index (χ3v) is 4.54. The van der Waals surface area contributed by atoms with Gasteiger partial charge in [0.2, 0.25) is 0 Å². The lowest BCUT2D eigenvalue weighted by molar-refractivity contribution is 1.07. The molecular weight excluding hydrogens is 286 g/mol. The number of aliphatic imine (C=N–C) groups is 1. The first kappa shape index (κ1) is 13.5. The number of fused-ring (bicyclic) bond motifs is 1. The van der Waals surface area contributed by atoms with Crippen molar-refractivity contribution in [1.82, 2.24) is 0 Å². The summed E-state index contributed by atoms with van der Waals surface area (Å²) in [6.45, 7) is 2.12. The lowest BCUT2D eigenvalue weighted by Crippen LogP contribution is -2.05. The first-order chi connectivity index (χ1) is 9.79. The van der Waals surface area contributed by atoms with Crippen molar-refractivity contribution in [3.05, 3.63) is 75.8 Å². The van der Waals surface area contributed by atoms with E-state index in [2.05, 4.69) is 30.5 Å². The molecule has 0 N–H and O–H groups in total. The molecule has 0 spiro atoms. The summed E-state index contributed by atoms with van der Waals surface area (Å²) in [5.74, 6) is 0. The summed E-state index contributed by atoms with van der Waals surface area (Å²) in [6, 6.07) is 16.2. The second-order valence-electron chi connectivity index (χ2n) is 4.52. The molecule has 1 aliphatic heterocycles. The largest absolute Gasteiger partial charge is 0.252 e. The quantitative estimate of drug-likeness (QED) is 0.709. The number of nitrogens with zero attached hydrogens (tertiary/aromatic N) is 1. The highest BCUT2D eigenvalue weighted by Crippen LogP contribution is 2.33. The average Bonchev–Trinajstić information content (AvgIpc) is 2.67. The SMILES string of the molecule is CCC1=CSc2ccccc2C(c2ccccc2Cl)=N1. The lowest BCUT2D eigenvalue weighted by Gasteiger charge is -2.10. The molecule has 0 radical (unpaired) electrons. The smallest absolute Gasteiger partial charge is 0.0804 e. The van der Waals surface area contributed by atoms with Crippen LogP contribution in [-0.4, -0.2) is 5.71 Å². The Morgan fingerprint density at radius 2 is 1.70 bits per heavy atom. The van der Waals surface area contributed by atoms with Crippen molar-refractivity contribution < 1.29 is 0 Å². The summed E-state index contributed by atoms with van der Waals surface area (Å²) in [5.41, 5.74) is 4.18. The van der Waals surface area contributed by atoms with Crippen LogP contribution in [0.3, 0.4) is 0 Å². The van der Waals surface area contributed by atoms with Gasteiger partial charge in [0, 0.05) is 26.7 Å². The zero-order valence-corrected chi connectivity index (χ0v) is 12.7. The fourth-order valence-electron chi connectivity index (χ4n) is 2.15. The summed E-state index contributed by atoms with van der Waals surface area (Å²) in [6.07, 6.45) is 0.912. The van der Waals surface area contributed by atoms with Crippen LogP contribution in [0.5, 0.6) is 0 Å². The van der Waals surface area contributed by atoms with Crippen molar-refractivity contribution >= 4 is 29.1 Å². The molecule has 2 aromatic carbocycles. The number of hydrogen-bond donors (Lipinski definition) is 0. The molecule has 20 heavy (non-hydrogen) atoms. The van der Waals surface area contributed by atoms with E-state index in [1.165, 1.54) is 4.90 Å². The molecule has 2 aromatic rings. The number of rotatable bonds is 2. The van der Waals surface area contributed by atoms with Gasteiger partial charge in [-0.05, 0) is 24.0 Å². The van der Waals surface area contributed by atoms with E-state index in [1.807, 2.05) is 30.3 Å². The highest BCUT2D eigenvalue weighted by Gasteiger charge is 2.16. The van der Waals surface area contributed by atoms with Crippen LogP contribution in [0.15, 0.2) is 69.5 Å². The van der Waals surface area contributed by atoms with Crippen LogP contribution in [0.4, 0.5) is 0 Å². The van der Waals surface area contributed by atoms with Gasteiger partial charge in [-0.1, -0.05) is 66.7 Å². The Balaban J connectivity index is 2.23. The van der Waals surface area contributed by atoms with E-state index in [1.54, 1.807) is 11.8 Å². The van der Waals surface area contributed by atoms with Crippen molar-refractivity contribution in [2.24, 2.45) is 4.99 Å². The Morgan fingerprint density at radius 1 is 1.00 bits per heavy atom. The normalized spacial score (nSPS) is 14.1. The molecule has 100 valence electrons. The van der Waals surface area contributed by atoms with Gasteiger partial charge in [0.25, 0.3) is 0 Å². The van der Waals surface area contributed by atoms with Crippen LogP contribution in [0.25, 0.3) is 0 Å². The first-order valence-electron chi connectivity index (χ1n) is 6.58. The van der Waals surface area contributed by atoms with Gasteiger partial charge in [0.05, 0.1) is 5.71 Å². The first-order valence-corrected chi connectivity index (χ1v) is 7.84. The monoisotopic (exact) mass is 299 g/mol. The van der Waals surface area contributed by atoms with Crippen molar-refractivity contribution in [3.63, 3.8) is 0 Å². The summed E-state index contributed by atoms with van der Waals surface area (Å²) in [4.78, 5) is 6.06. The molecule has 1 aliphatic rings. The van der Waals surface area contributed by atoms with Gasteiger partial charge in [-0.15, -0.1) is 0 Å². The summed E-state index contributed by atoms with van der Waals surface area (Å²) in [5, 5.41) is 2.87. The molecule has 0 aromatic heterocycles. The molecule has 0 amide bonds. The zero-order valence-electron chi connectivity index (χ0n) is 11.1. The Bertz CT molecular complexity index is 704. The van der Waals surface area contributed by atoms with E-state index in [0.717, 1.165) is 34.0 Å². The standard InChI is InChI=1S/C17H14ClNS/c1-2-12-11-20-16-10-6-4-8-14(16)17(19-12)13-7-3-5-9-15(13)18/h3-11H,2H2,1H3. The third kappa shape index (κ3) is 2.54. The molecule has 0 aliphatic carbocycles. The highest BCUT2D eigenvalue weighted by atomic mass is 35.5. The van der Waals surface area contributed by atoms with Gasteiger partial charge in [-0.25, -0.2) is 0 Å². The summed E-state index contributed by atoms with van der Waals surface area (Å²) < 4.78 is 0. The van der Waals surface area contributed by atoms with E-state index >= 15 is 0 Å². The molecule has 1 heterocycles. The van der Waals surface area contributed by atoms with Crippen molar-refractivity contribution in [1.29, 1.82) is 0 Å². The zero-order chi connectivity index (χ0) is 13.9. The lowest BCUT2D eigenvalue weighted by atomic mass is 10.0. The molecular formula is C17H14ClNS. The average molecular weight is 300 g/mol. The highest BCUT2D eigenvalue weighted by molar-refractivity contribution is 8.02. The van der Waals surface area contributed by atoms with Crippen molar-refractivity contribution in [2.75, 3.05) is 0 Å². The molecule has 3 rings (SSSR count). The maximum atomic E-state index is 6.36. The summed E-state index contributed by atoms with van der Waals surface area (Å²) >= 11 is 8.09. The minimum atomic E-state index is 0.739. The van der Waals surface area contributed by atoms with E-state index in [0.29, 0.717) is 0 Å². The van der Waals surface area contributed by atoms with Crippen LogP contribution in [0.1, 0.15) is 24.5 Å². The number of thioether (sulfide) groups is 1. The van der Waals surface area contributed by atoms with Gasteiger partial charge in [0.1, 0.15) is 0 Å². The molecule has 0 bridgehead atoms.